The normalized spacial score (nSPS) is 21.4. The molecule has 11 heteroatoms. The maximum absolute atomic E-state index is 14.1. The van der Waals surface area contributed by atoms with Crippen molar-refractivity contribution in [2.45, 2.75) is 19.9 Å². The fraction of sp³-hybridized carbons (Fsp3) is 0.261. The van der Waals surface area contributed by atoms with Crippen molar-refractivity contribution in [2.24, 2.45) is 11.3 Å². The van der Waals surface area contributed by atoms with Crippen LogP contribution >= 0.6 is 0 Å². The van der Waals surface area contributed by atoms with Gasteiger partial charge in [0, 0.05) is 0 Å². The second-order valence-electron chi connectivity index (χ2n) is 8.03. The Morgan fingerprint density at radius 3 is 2.09 bits per heavy atom. The van der Waals surface area contributed by atoms with Crippen molar-refractivity contribution in [1.29, 1.82) is 0 Å². The molecule has 34 heavy (non-hydrogen) atoms. The van der Waals surface area contributed by atoms with Crippen LogP contribution in [0.15, 0.2) is 42.0 Å². The third-order valence-corrected chi connectivity index (χ3v) is 5.67. The summed E-state index contributed by atoms with van der Waals surface area (Å²) >= 11 is 0. The number of halogens is 5. The summed E-state index contributed by atoms with van der Waals surface area (Å²) in [6.07, 6.45) is 0.0628. The van der Waals surface area contributed by atoms with E-state index in [2.05, 4.69) is 4.74 Å². The standard InChI is InChI=1S/C23H16F5NO5/c1-10(2)12-8-23(12,21(31)34-19-17(27)15(25)14(24)16(26)18(19)28)20(30)29-13(9-33-22(29)32)11-6-4-3-5-7-11/h3-8,10,13H,9H2,1-2H3/t13-,23-/m1/s1. The molecule has 1 aliphatic heterocycles. The van der Waals surface area contributed by atoms with Crippen molar-refractivity contribution in [3.63, 3.8) is 0 Å². The van der Waals surface area contributed by atoms with Gasteiger partial charge in [-0.2, -0.15) is 8.78 Å². The second kappa shape index (κ2) is 8.23. The number of carbonyl (C=O) groups is 3. The summed E-state index contributed by atoms with van der Waals surface area (Å²) in [5, 5.41) is 0. The quantitative estimate of drug-likeness (QED) is 0.119. The van der Waals surface area contributed by atoms with Gasteiger partial charge in [-0.3, -0.25) is 4.79 Å². The first kappa shape index (κ1) is 23.4. The van der Waals surface area contributed by atoms with Gasteiger partial charge in [-0.25, -0.2) is 27.7 Å². The highest BCUT2D eigenvalue weighted by atomic mass is 19.2. The summed E-state index contributed by atoms with van der Waals surface area (Å²) in [6.45, 7) is 2.99. The number of benzene rings is 2. The Bertz CT molecular complexity index is 1220. The third kappa shape index (κ3) is 3.42. The molecule has 2 aromatic rings. The van der Waals surface area contributed by atoms with Gasteiger partial charge in [0.05, 0.1) is 0 Å². The minimum absolute atomic E-state index is 0.151. The van der Waals surface area contributed by atoms with E-state index in [9.17, 15) is 36.3 Å². The lowest BCUT2D eigenvalue weighted by Crippen LogP contribution is -2.46. The molecular weight excluding hydrogens is 465 g/mol. The first-order chi connectivity index (χ1) is 16.0. The van der Waals surface area contributed by atoms with Gasteiger partial charge in [0.1, 0.15) is 12.6 Å². The van der Waals surface area contributed by atoms with Crippen molar-refractivity contribution in [2.75, 3.05) is 6.61 Å². The molecule has 4 rings (SSSR count). The zero-order valence-corrected chi connectivity index (χ0v) is 17.7. The number of hydrogen-bond donors (Lipinski definition) is 0. The van der Waals surface area contributed by atoms with Crippen LogP contribution < -0.4 is 4.74 Å². The highest BCUT2D eigenvalue weighted by molar-refractivity contribution is 6.17. The van der Waals surface area contributed by atoms with Gasteiger partial charge in [-0.1, -0.05) is 50.3 Å². The molecule has 2 atom stereocenters. The maximum Gasteiger partial charge on any atom is 0.417 e. The van der Waals surface area contributed by atoms with Gasteiger partial charge >= 0.3 is 12.1 Å². The van der Waals surface area contributed by atoms with Crippen LogP contribution in [0.25, 0.3) is 0 Å². The zero-order valence-electron chi connectivity index (χ0n) is 17.7. The Balaban J connectivity index is 1.72. The van der Waals surface area contributed by atoms with Crippen molar-refractivity contribution >= 4 is 18.0 Å². The molecule has 0 unspecified atom stereocenters. The van der Waals surface area contributed by atoms with Gasteiger partial charge in [0.25, 0.3) is 5.91 Å². The SMILES string of the molecule is CC(C)C1=C[C@]1(C(=O)Oc1c(F)c(F)c(F)c(F)c1F)C(=O)N1C(=O)OC[C@@H]1c1ccccc1. The molecule has 6 nitrogen and oxygen atoms in total. The fourth-order valence-corrected chi connectivity index (χ4v) is 3.87. The number of nitrogens with zero attached hydrogens (tertiary/aromatic N) is 1. The molecule has 0 bridgehead atoms. The van der Waals surface area contributed by atoms with Crippen LogP contribution in [0.5, 0.6) is 5.75 Å². The summed E-state index contributed by atoms with van der Waals surface area (Å²) in [4.78, 5) is 39.6. The summed E-state index contributed by atoms with van der Waals surface area (Å²) in [5.41, 5.74) is -1.61. The topological polar surface area (TPSA) is 72.9 Å². The Kier molecular flexibility index (Phi) is 5.66. The monoisotopic (exact) mass is 481 g/mol. The number of hydrogen-bond acceptors (Lipinski definition) is 5. The Morgan fingerprint density at radius 2 is 1.56 bits per heavy atom. The number of ether oxygens (including phenoxy) is 2. The van der Waals surface area contributed by atoms with E-state index in [4.69, 9.17) is 4.74 Å². The molecule has 2 aromatic carbocycles. The molecule has 0 aromatic heterocycles. The summed E-state index contributed by atoms with van der Waals surface area (Å²) < 4.78 is 78.2. The lowest BCUT2D eigenvalue weighted by atomic mass is 9.92. The predicted molar refractivity (Wildman–Crippen MR) is 105 cm³/mol. The molecule has 1 saturated heterocycles. The lowest BCUT2D eigenvalue weighted by molar-refractivity contribution is -0.149. The Labute approximate surface area is 189 Å². The van der Waals surface area contributed by atoms with Crippen LogP contribution in [0, 0.1) is 40.4 Å². The lowest BCUT2D eigenvalue weighted by Gasteiger charge is -2.26. The average molecular weight is 481 g/mol. The molecule has 0 spiro atoms. The molecule has 2 amide bonds. The molecule has 178 valence electrons. The zero-order chi connectivity index (χ0) is 24.9. The highest BCUT2D eigenvalue weighted by Crippen LogP contribution is 2.52. The van der Waals surface area contributed by atoms with Gasteiger partial charge in [0.2, 0.25) is 34.8 Å². The maximum atomic E-state index is 14.1. The second-order valence-corrected chi connectivity index (χ2v) is 8.03. The summed E-state index contributed by atoms with van der Waals surface area (Å²) in [6, 6.07) is 7.34. The van der Waals surface area contributed by atoms with E-state index in [1.54, 1.807) is 44.2 Å². The number of cyclic esters (lactones) is 1. The van der Waals surface area contributed by atoms with Gasteiger partial charge in [-0.05, 0) is 17.1 Å². The van der Waals surface area contributed by atoms with E-state index in [1.165, 1.54) is 0 Å². The molecule has 1 fully saturated rings. The van der Waals surface area contributed by atoms with Crippen LogP contribution in [0.1, 0.15) is 25.5 Å². The largest absolute Gasteiger partial charge is 0.446 e. The van der Waals surface area contributed by atoms with Gasteiger partial charge in [-0.15, -0.1) is 0 Å². The van der Waals surface area contributed by atoms with E-state index in [0.29, 0.717) is 10.5 Å². The Hall–Kier alpha value is -3.76. The fourth-order valence-electron chi connectivity index (χ4n) is 3.87. The number of esters is 1. The van der Waals surface area contributed by atoms with E-state index >= 15 is 0 Å². The average Bonchev–Trinajstić information content (AvgIpc) is 3.49. The van der Waals surface area contributed by atoms with Crippen molar-refractivity contribution in [1.82, 2.24) is 4.90 Å². The molecular formula is C23H16F5NO5. The Morgan fingerprint density at radius 1 is 1.00 bits per heavy atom. The van der Waals surface area contributed by atoms with Gasteiger partial charge < -0.3 is 9.47 Å². The third-order valence-electron chi connectivity index (χ3n) is 5.67. The van der Waals surface area contributed by atoms with Crippen molar-refractivity contribution in [3.8, 4) is 5.75 Å². The molecule has 0 radical (unpaired) electrons. The highest BCUT2D eigenvalue weighted by Gasteiger charge is 2.64. The number of rotatable bonds is 5. The molecule has 1 heterocycles. The van der Waals surface area contributed by atoms with E-state index in [1.807, 2.05) is 0 Å². The smallest absolute Gasteiger partial charge is 0.417 e. The first-order valence-corrected chi connectivity index (χ1v) is 10.0. The van der Waals surface area contributed by atoms with Crippen LogP contribution in [-0.2, 0) is 14.3 Å². The van der Waals surface area contributed by atoms with Crippen LogP contribution in [0.4, 0.5) is 26.7 Å². The van der Waals surface area contributed by atoms with Crippen molar-refractivity contribution < 1.29 is 45.8 Å². The van der Waals surface area contributed by atoms with Gasteiger partial charge in [0.15, 0.2) is 5.41 Å². The number of amides is 2. The summed E-state index contributed by atoms with van der Waals surface area (Å²) in [5.74, 6) is -16.9. The molecule has 2 aliphatic rings. The van der Waals surface area contributed by atoms with Crippen LogP contribution in [0.2, 0.25) is 0 Å². The van der Waals surface area contributed by atoms with E-state index in [0.717, 1.165) is 6.08 Å². The number of carbonyl (C=O) groups excluding carboxylic acids is 3. The number of imide groups is 1. The molecule has 0 N–H and O–H groups in total. The van der Waals surface area contributed by atoms with Crippen molar-refractivity contribution in [3.05, 3.63) is 76.6 Å². The van der Waals surface area contributed by atoms with Crippen LogP contribution in [0.3, 0.4) is 0 Å². The molecule has 0 saturated carbocycles. The van der Waals surface area contributed by atoms with Crippen LogP contribution in [-0.4, -0.2) is 29.5 Å². The summed E-state index contributed by atoms with van der Waals surface area (Å²) in [7, 11) is 0. The first-order valence-electron chi connectivity index (χ1n) is 10.0. The molecule has 1 aliphatic carbocycles. The minimum Gasteiger partial charge on any atom is -0.446 e. The predicted octanol–water partition coefficient (Wildman–Crippen LogP) is 4.59. The van der Waals surface area contributed by atoms with E-state index < -0.39 is 70.2 Å². The van der Waals surface area contributed by atoms with E-state index in [-0.39, 0.29) is 12.2 Å². The minimum atomic E-state index is -2.43.